The highest BCUT2D eigenvalue weighted by atomic mass is 16.1. The molecule has 2 aliphatic rings. The van der Waals surface area contributed by atoms with Crippen LogP contribution in [0, 0.1) is 11.8 Å². The van der Waals surface area contributed by atoms with Gasteiger partial charge in [0.05, 0.1) is 0 Å². The summed E-state index contributed by atoms with van der Waals surface area (Å²) < 4.78 is 0. The lowest BCUT2D eigenvalue weighted by Gasteiger charge is -2.04. The summed E-state index contributed by atoms with van der Waals surface area (Å²) in [7, 11) is 0. The number of ketones is 1. The van der Waals surface area contributed by atoms with Gasteiger partial charge in [-0.2, -0.15) is 0 Å². The highest BCUT2D eigenvalue weighted by Crippen LogP contribution is 2.32. The largest absolute Gasteiger partial charge is 0.299 e. The van der Waals surface area contributed by atoms with E-state index in [2.05, 4.69) is 12.2 Å². The molecule has 0 aliphatic heterocycles. The standard InChI is InChI=1S/C12H14O/c13-12(11-7-8-11)9-10-5-3-1-2-4-6-10/h1-6,10-11H,7-9H2. The molecule has 0 N–H and O–H groups in total. The molecule has 0 aromatic heterocycles. The molecule has 0 bridgehead atoms. The van der Waals surface area contributed by atoms with Crippen LogP contribution in [0.15, 0.2) is 36.5 Å². The van der Waals surface area contributed by atoms with Gasteiger partial charge >= 0.3 is 0 Å². The normalized spacial score (nSPS) is 21.8. The molecule has 1 nitrogen and oxygen atoms in total. The summed E-state index contributed by atoms with van der Waals surface area (Å²) >= 11 is 0. The van der Waals surface area contributed by atoms with Crippen LogP contribution in [0.3, 0.4) is 0 Å². The molecule has 1 fully saturated rings. The third-order valence-corrected chi connectivity index (χ3v) is 2.52. The van der Waals surface area contributed by atoms with Crippen LogP contribution in [0.1, 0.15) is 19.3 Å². The Hall–Kier alpha value is -1.11. The van der Waals surface area contributed by atoms with Gasteiger partial charge in [-0.3, -0.25) is 4.79 Å². The first kappa shape index (κ1) is 8.49. The Kier molecular flexibility index (Phi) is 2.44. The summed E-state index contributed by atoms with van der Waals surface area (Å²) in [6.45, 7) is 0. The second kappa shape index (κ2) is 3.73. The molecule has 0 heterocycles. The zero-order valence-electron chi connectivity index (χ0n) is 7.65. The molecular weight excluding hydrogens is 160 g/mol. The Morgan fingerprint density at radius 1 is 1.08 bits per heavy atom. The maximum atomic E-state index is 11.5. The molecule has 0 aromatic rings. The number of hydrogen-bond donors (Lipinski definition) is 0. The van der Waals surface area contributed by atoms with Gasteiger partial charge < -0.3 is 0 Å². The lowest BCUT2D eigenvalue weighted by atomic mass is 10.00. The molecule has 1 heteroatoms. The van der Waals surface area contributed by atoms with E-state index >= 15 is 0 Å². The van der Waals surface area contributed by atoms with Crippen molar-refractivity contribution in [3.05, 3.63) is 36.5 Å². The molecule has 68 valence electrons. The first-order valence-electron chi connectivity index (χ1n) is 4.90. The van der Waals surface area contributed by atoms with Gasteiger partial charge in [0, 0.05) is 18.3 Å². The van der Waals surface area contributed by atoms with E-state index < -0.39 is 0 Å². The number of rotatable bonds is 3. The smallest absolute Gasteiger partial charge is 0.136 e. The average Bonchev–Trinajstić information content (AvgIpc) is 2.92. The minimum atomic E-state index is 0.322. The lowest BCUT2D eigenvalue weighted by Crippen LogP contribution is -2.05. The molecule has 0 atom stereocenters. The maximum Gasteiger partial charge on any atom is 0.136 e. The third kappa shape index (κ3) is 2.41. The van der Waals surface area contributed by atoms with E-state index in [0.717, 1.165) is 12.8 Å². The van der Waals surface area contributed by atoms with Crippen molar-refractivity contribution >= 4 is 5.78 Å². The Labute approximate surface area is 78.8 Å². The van der Waals surface area contributed by atoms with Crippen molar-refractivity contribution in [3.63, 3.8) is 0 Å². The molecule has 0 radical (unpaired) electrons. The molecule has 2 rings (SSSR count). The first-order valence-corrected chi connectivity index (χ1v) is 4.90. The predicted octanol–water partition coefficient (Wildman–Crippen LogP) is 2.65. The number of hydrogen-bond acceptors (Lipinski definition) is 1. The summed E-state index contributed by atoms with van der Waals surface area (Å²) in [6.07, 6.45) is 15.2. The van der Waals surface area contributed by atoms with Crippen LogP contribution in [0.4, 0.5) is 0 Å². The summed E-state index contributed by atoms with van der Waals surface area (Å²) in [4.78, 5) is 11.5. The van der Waals surface area contributed by atoms with Gasteiger partial charge in [-0.1, -0.05) is 36.5 Å². The minimum Gasteiger partial charge on any atom is -0.299 e. The van der Waals surface area contributed by atoms with Crippen LogP contribution in [0.5, 0.6) is 0 Å². The Morgan fingerprint density at radius 2 is 1.69 bits per heavy atom. The van der Waals surface area contributed by atoms with Gasteiger partial charge in [0.2, 0.25) is 0 Å². The van der Waals surface area contributed by atoms with Crippen molar-refractivity contribution in [1.82, 2.24) is 0 Å². The van der Waals surface area contributed by atoms with Gasteiger partial charge in [0.25, 0.3) is 0 Å². The molecule has 0 aromatic carbocycles. The molecule has 0 saturated heterocycles. The van der Waals surface area contributed by atoms with E-state index in [9.17, 15) is 4.79 Å². The lowest BCUT2D eigenvalue weighted by molar-refractivity contribution is -0.120. The van der Waals surface area contributed by atoms with E-state index in [1.54, 1.807) is 0 Å². The number of carbonyl (C=O) groups excluding carboxylic acids is 1. The number of Topliss-reactive ketones (excluding diaryl/α,β-unsaturated/α-hetero) is 1. The molecule has 1 saturated carbocycles. The van der Waals surface area contributed by atoms with Gasteiger partial charge in [0.15, 0.2) is 0 Å². The SMILES string of the molecule is O=C(CC1C=CC=CC=C1)C1CC1. The van der Waals surface area contributed by atoms with Crippen molar-refractivity contribution in [2.24, 2.45) is 11.8 Å². The topological polar surface area (TPSA) is 17.1 Å². The molecule has 0 spiro atoms. The monoisotopic (exact) mass is 174 g/mol. The van der Waals surface area contributed by atoms with E-state index in [0.29, 0.717) is 24.0 Å². The molecule has 2 aliphatic carbocycles. The van der Waals surface area contributed by atoms with E-state index in [1.165, 1.54) is 0 Å². The average molecular weight is 174 g/mol. The van der Waals surface area contributed by atoms with Crippen molar-refractivity contribution in [1.29, 1.82) is 0 Å². The fourth-order valence-electron chi connectivity index (χ4n) is 1.55. The quantitative estimate of drug-likeness (QED) is 0.642. The van der Waals surface area contributed by atoms with Crippen LogP contribution in [-0.2, 0) is 4.79 Å². The molecule has 0 amide bonds. The van der Waals surface area contributed by atoms with E-state index in [4.69, 9.17) is 0 Å². The summed E-state index contributed by atoms with van der Waals surface area (Å²) in [5, 5.41) is 0. The van der Waals surface area contributed by atoms with E-state index in [1.807, 2.05) is 24.3 Å². The molecule has 13 heavy (non-hydrogen) atoms. The van der Waals surface area contributed by atoms with Crippen LogP contribution in [-0.4, -0.2) is 5.78 Å². The van der Waals surface area contributed by atoms with Crippen LogP contribution in [0.25, 0.3) is 0 Å². The summed E-state index contributed by atoms with van der Waals surface area (Å²) in [6, 6.07) is 0. The number of carbonyl (C=O) groups is 1. The van der Waals surface area contributed by atoms with Crippen LogP contribution >= 0.6 is 0 Å². The van der Waals surface area contributed by atoms with Crippen molar-refractivity contribution in [3.8, 4) is 0 Å². The summed E-state index contributed by atoms with van der Waals surface area (Å²) in [5.74, 6) is 1.17. The zero-order valence-corrected chi connectivity index (χ0v) is 7.65. The van der Waals surface area contributed by atoms with Gasteiger partial charge in [-0.05, 0) is 12.8 Å². The predicted molar refractivity (Wildman–Crippen MR) is 53.3 cm³/mol. The second-order valence-electron chi connectivity index (χ2n) is 3.76. The van der Waals surface area contributed by atoms with Gasteiger partial charge in [-0.15, -0.1) is 0 Å². The number of allylic oxidation sites excluding steroid dienone is 6. The Morgan fingerprint density at radius 3 is 2.23 bits per heavy atom. The van der Waals surface area contributed by atoms with Gasteiger partial charge in [-0.25, -0.2) is 0 Å². The maximum absolute atomic E-state index is 11.5. The molecular formula is C12H14O. The Bertz CT molecular complexity index is 263. The summed E-state index contributed by atoms with van der Waals surface area (Å²) in [5.41, 5.74) is 0. The fourth-order valence-corrected chi connectivity index (χ4v) is 1.55. The van der Waals surface area contributed by atoms with E-state index in [-0.39, 0.29) is 0 Å². The second-order valence-corrected chi connectivity index (χ2v) is 3.76. The van der Waals surface area contributed by atoms with Crippen LogP contribution < -0.4 is 0 Å². The highest BCUT2D eigenvalue weighted by molar-refractivity contribution is 5.83. The van der Waals surface area contributed by atoms with Crippen molar-refractivity contribution < 1.29 is 4.79 Å². The fraction of sp³-hybridized carbons (Fsp3) is 0.417. The Balaban J connectivity index is 1.89. The zero-order chi connectivity index (χ0) is 9.10. The minimum absolute atomic E-state index is 0.322. The highest BCUT2D eigenvalue weighted by Gasteiger charge is 2.29. The third-order valence-electron chi connectivity index (χ3n) is 2.52. The van der Waals surface area contributed by atoms with Crippen LogP contribution in [0.2, 0.25) is 0 Å². The first-order chi connectivity index (χ1) is 6.36. The van der Waals surface area contributed by atoms with Crippen molar-refractivity contribution in [2.45, 2.75) is 19.3 Å². The van der Waals surface area contributed by atoms with Gasteiger partial charge in [0.1, 0.15) is 5.78 Å². The van der Waals surface area contributed by atoms with Crippen molar-refractivity contribution in [2.75, 3.05) is 0 Å². The molecule has 0 unspecified atom stereocenters.